The largest absolute Gasteiger partial charge is 0.334 e. The average Bonchev–Trinajstić information content (AvgIpc) is 3.04. The first-order chi connectivity index (χ1) is 13.4. The maximum Gasteiger partial charge on any atom is 0.261 e. The van der Waals surface area contributed by atoms with E-state index in [0.29, 0.717) is 17.3 Å². The first kappa shape index (κ1) is 19.1. The molecule has 7 nitrogen and oxygen atoms in total. The molecule has 1 saturated heterocycles. The lowest BCUT2D eigenvalue weighted by atomic mass is 9.93. The number of nitrogens with zero attached hydrogens (tertiary/aromatic N) is 3. The van der Waals surface area contributed by atoms with Gasteiger partial charge in [-0.15, -0.1) is 0 Å². The van der Waals surface area contributed by atoms with Crippen molar-refractivity contribution in [2.45, 2.75) is 57.2 Å². The number of carbonyl (C=O) groups is 1. The third-order valence-electron chi connectivity index (χ3n) is 5.89. The van der Waals surface area contributed by atoms with E-state index in [1.54, 1.807) is 23.1 Å². The summed E-state index contributed by atoms with van der Waals surface area (Å²) in [5, 5.41) is 0.477. The Bertz CT molecular complexity index is 1040. The minimum atomic E-state index is -3.10. The Morgan fingerprint density at radius 1 is 1.11 bits per heavy atom. The number of aromatic nitrogens is 2. The van der Waals surface area contributed by atoms with Gasteiger partial charge in [0, 0.05) is 12.1 Å². The van der Waals surface area contributed by atoms with E-state index in [4.69, 9.17) is 0 Å². The molecule has 150 valence electrons. The quantitative estimate of drug-likeness (QED) is 0.776. The number of hydrogen-bond acceptors (Lipinski definition) is 5. The van der Waals surface area contributed by atoms with Crippen molar-refractivity contribution in [2.75, 3.05) is 11.5 Å². The van der Waals surface area contributed by atoms with Crippen molar-refractivity contribution < 1.29 is 13.2 Å². The van der Waals surface area contributed by atoms with Gasteiger partial charge >= 0.3 is 0 Å². The molecule has 1 saturated carbocycles. The Balaban J connectivity index is 1.62. The van der Waals surface area contributed by atoms with Gasteiger partial charge in [-0.3, -0.25) is 14.2 Å². The third kappa shape index (κ3) is 3.83. The minimum Gasteiger partial charge on any atom is -0.334 e. The van der Waals surface area contributed by atoms with Crippen LogP contribution >= 0.6 is 0 Å². The van der Waals surface area contributed by atoms with Gasteiger partial charge < -0.3 is 4.90 Å². The highest BCUT2D eigenvalue weighted by molar-refractivity contribution is 7.91. The molecule has 1 aliphatic carbocycles. The Morgan fingerprint density at radius 3 is 2.57 bits per heavy atom. The van der Waals surface area contributed by atoms with E-state index in [2.05, 4.69) is 4.98 Å². The van der Waals surface area contributed by atoms with Gasteiger partial charge in [-0.1, -0.05) is 31.4 Å². The number of fused-ring (bicyclic) bond motifs is 1. The van der Waals surface area contributed by atoms with Crippen molar-refractivity contribution in [1.29, 1.82) is 0 Å². The van der Waals surface area contributed by atoms with Crippen LogP contribution in [0.15, 0.2) is 35.4 Å². The second-order valence-corrected chi connectivity index (χ2v) is 10.1. The molecule has 1 unspecified atom stereocenters. The molecule has 2 fully saturated rings. The summed E-state index contributed by atoms with van der Waals surface area (Å²) >= 11 is 0. The van der Waals surface area contributed by atoms with E-state index >= 15 is 0 Å². The summed E-state index contributed by atoms with van der Waals surface area (Å²) in [5.74, 6) is -0.0284. The molecule has 28 heavy (non-hydrogen) atoms. The number of benzene rings is 1. The van der Waals surface area contributed by atoms with E-state index in [0.717, 1.165) is 32.1 Å². The first-order valence-corrected chi connectivity index (χ1v) is 11.7. The van der Waals surface area contributed by atoms with Crippen molar-refractivity contribution in [2.24, 2.45) is 0 Å². The molecule has 0 radical (unpaired) electrons. The number of para-hydroxylation sites is 1. The summed E-state index contributed by atoms with van der Waals surface area (Å²) in [7, 11) is -3.10. The standard InChI is InChI=1S/C20H25N3O4S/c24-19(12-22-14-21-18-9-5-4-8-17(18)20(22)25)23(15-6-2-1-3-7-15)16-10-11-28(26,27)13-16/h4-5,8-9,14-16H,1-3,6-7,10-13H2. The molecule has 1 aromatic heterocycles. The number of rotatable bonds is 4. The molecule has 2 aromatic rings. The van der Waals surface area contributed by atoms with Crippen LogP contribution in [0.1, 0.15) is 38.5 Å². The van der Waals surface area contributed by atoms with Gasteiger partial charge in [0.2, 0.25) is 5.91 Å². The van der Waals surface area contributed by atoms with Gasteiger partial charge in [0.25, 0.3) is 5.56 Å². The molecule has 2 heterocycles. The Hall–Kier alpha value is -2.22. The first-order valence-electron chi connectivity index (χ1n) is 9.90. The highest BCUT2D eigenvalue weighted by Gasteiger charge is 2.38. The van der Waals surface area contributed by atoms with E-state index < -0.39 is 9.84 Å². The van der Waals surface area contributed by atoms with E-state index in [-0.39, 0.29) is 41.6 Å². The summed E-state index contributed by atoms with van der Waals surface area (Å²) in [6, 6.07) is 6.83. The lowest BCUT2D eigenvalue weighted by molar-refractivity contribution is -0.137. The maximum atomic E-state index is 13.2. The topological polar surface area (TPSA) is 89.3 Å². The van der Waals surface area contributed by atoms with Gasteiger partial charge in [-0.2, -0.15) is 0 Å². The van der Waals surface area contributed by atoms with Crippen molar-refractivity contribution in [3.05, 3.63) is 40.9 Å². The summed E-state index contributed by atoms with van der Waals surface area (Å²) in [5.41, 5.74) is 0.351. The molecule has 1 aliphatic heterocycles. The lowest BCUT2D eigenvalue weighted by Crippen LogP contribution is -2.50. The second kappa shape index (κ2) is 7.66. The Labute approximate surface area is 164 Å². The van der Waals surface area contributed by atoms with E-state index in [9.17, 15) is 18.0 Å². The van der Waals surface area contributed by atoms with Crippen LogP contribution in [-0.2, 0) is 21.2 Å². The fourth-order valence-corrected chi connectivity index (χ4v) is 6.22. The molecule has 4 rings (SSSR count). The van der Waals surface area contributed by atoms with Crippen LogP contribution in [-0.4, -0.2) is 52.4 Å². The summed E-state index contributed by atoms with van der Waals surface area (Å²) in [6.07, 6.45) is 6.93. The van der Waals surface area contributed by atoms with Gasteiger partial charge in [0.15, 0.2) is 9.84 Å². The highest BCUT2D eigenvalue weighted by atomic mass is 32.2. The average molecular weight is 404 g/mol. The van der Waals surface area contributed by atoms with Crippen LogP contribution in [0.3, 0.4) is 0 Å². The molecule has 1 aromatic carbocycles. The fraction of sp³-hybridized carbons (Fsp3) is 0.550. The van der Waals surface area contributed by atoms with Crippen molar-refractivity contribution in [3.8, 4) is 0 Å². The predicted molar refractivity (Wildman–Crippen MR) is 107 cm³/mol. The van der Waals surface area contributed by atoms with Gasteiger partial charge in [0.1, 0.15) is 6.54 Å². The van der Waals surface area contributed by atoms with Gasteiger partial charge in [-0.05, 0) is 31.4 Å². The maximum absolute atomic E-state index is 13.2. The zero-order valence-corrected chi connectivity index (χ0v) is 16.6. The zero-order valence-electron chi connectivity index (χ0n) is 15.8. The van der Waals surface area contributed by atoms with E-state index in [1.165, 1.54) is 10.9 Å². The number of hydrogen-bond donors (Lipinski definition) is 0. The Kier molecular flexibility index (Phi) is 5.23. The summed E-state index contributed by atoms with van der Waals surface area (Å²) in [4.78, 5) is 32.1. The summed E-state index contributed by atoms with van der Waals surface area (Å²) in [6.45, 7) is -0.107. The minimum absolute atomic E-state index is 0.0279. The number of amides is 1. The molecule has 8 heteroatoms. The van der Waals surface area contributed by atoms with E-state index in [1.807, 2.05) is 6.07 Å². The molecule has 0 bridgehead atoms. The smallest absolute Gasteiger partial charge is 0.261 e. The van der Waals surface area contributed by atoms with Crippen LogP contribution in [0.4, 0.5) is 0 Å². The molecular formula is C20H25N3O4S. The molecule has 0 spiro atoms. The summed E-state index contributed by atoms with van der Waals surface area (Å²) < 4.78 is 25.4. The lowest BCUT2D eigenvalue weighted by Gasteiger charge is -2.38. The number of sulfone groups is 1. The predicted octanol–water partition coefficient (Wildman–Crippen LogP) is 1.74. The Morgan fingerprint density at radius 2 is 1.86 bits per heavy atom. The van der Waals surface area contributed by atoms with Crippen LogP contribution < -0.4 is 5.56 Å². The normalized spacial score (nSPS) is 22.4. The van der Waals surface area contributed by atoms with Gasteiger partial charge in [-0.25, -0.2) is 13.4 Å². The van der Waals surface area contributed by atoms with Crippen molar-refractivity contribution in [1.82, 2.24) is 14.5 Å². The second-order valence-electron chi connectivity index (χ2n) is 7.84. The molecule has 1 amide bonds. The fourth-order valence-electron chi connectivity index (χ4n) is 4.51. The number of carbonyl (C=O) groups excluding carboxylic acids is 1. The van der Waals surface area contributed by atoms with Crippen molar-refractivity contribution >= 4 is 26.6 Å². The molecular weight excluding hydrogens is 378 g/mol. The highest BCUT2D eigenvalue weighted by Crippen LogP contribution is 2.28. The molecule has 2 aliphatic rings. The monoisotopic (exact) mass is 403 g/mol. The SMILES string of the molecule is O=C(Cn1cnc2ccccc2c1=O)N(C1CCCCC1)C1CCS(=O)(=O)C1. The van der Waals surface area contributed by atoms with Crippen molar-refractivity contribution in [3.63, 3.8) is 0 Å². The van der Waals surface area contributed by atoms with Gasteiger partial charge in [0.05, 0.1) is 28.7 Å². The molecule has 0 N–H and O–H groups in total. The zero-order chi connectivity index (χ0) is 19.7. The van der Waals surface area contributed by atoms with Crippen LogP contribution in [0.25, 0.3) is 10.9 Å². The van der Waals surface area contributed by atoms with Crippen LogP contribution in [0.2, 0.25) is 0 Å². The third-order valence-corrected chi connectivity index (χ3v) is 7.65. The van der Waals surface area contributed by atoms with Crippen LogP contribution in [0.5, 0.6) is 0 Å². The van der Waals surface area contributed by atoms with Crippen LogP contribution in [0, 0.1) is 0 Å². The molecule has 1 atom stereocenters.